The Balaban J connectivity index is 2.18. The highest BCUT2D eigenvalue weighted by atomic mass is 79.9. The van der Waals surface area contributed by atoms with Gasteiger partial charge in [0.1, 0.15) is 0 Å². The summed E-state index contributed by atoms with van der Waals surface area (Å²) in [6.45, 7) is 3.06. The van der Waals surface area contributed by atoms with Crippen molar-refractivity contribution in [3.8, 4) is 0 Å². The number of nitrogens with zero attached hydrogens (tertiary/aromatic N) is 1. The molecule has 1 unspecified atom stereocenters. The number of hydrogen-bond acceptors (Lipinski definition) is 2. The average Bonchev–Trinajstić information content (AvgIpc) is 2.53. The van der Waals surface area contributed by atoms with Gasteiger partial charge in [-0.15, -0.1) is 0 Å². The Kier molecular flexibility index (Phi) is 4.54. The van der Waals surface area contributed by atoms with E-state index in [1.54, 1.807) is 17.0 Å². The summed E-state index contributed by atoms with van der Waals surface area (Å²) in [5.74, 6) is -0.0657. The quantitative estimate of drug-likeness (QED) is 0.846. The Hall–Kier alpha value is -0.580. The zero-order valence-corrected chi connectivity index (χ0v) is 13.2. The minimum atomic E-state index is -0.671. The summed E-state index contributed by atoms with van der Waals surface area (Å²) < 4.78 is 0.724. The molecule has 2 rings (SSSR count). The van der Waals surface area contributed by atoms with Crippen molar-refractivity contribution < 1.29 is 9.90 Å². The number of hydrogen-bond donors (Lipinski definition) is 1. The highest BCUT2D eigenvalue weighted by Crippen LogP contribution is 2.28. The fourth-order valence-corrected chi connectivity index (χ4v) is 2.88. The number of benzene rings is 1. The van der Waals surface area contributed by atoms with Gasteiger partial charge in [0.2, 0.25) is 0 Å². The molecule has 1 aromatic carbocycles. The molecule has 0 aliphatic carbocycles. The maximum absolute atomic E-state index is 12.5. The Bertz CT molecular complexity index is 490. The van der Waals surface area contributed by atoms with Gasteiger partial charge in [0.15, 0.2) is 0 Å². The minimum Gasteiger partial charge on any atom is -0.390 e. The number of carbonyl (C=O) groups excluding carboxylic acids is 1. The molecule has 1 atom stereocenters. The Morgan fingerprint density at radius 1 is 1.42 bits per heavy atom. The Labute approximate surface area is 126 Å². The van der Waals surface area contributed by atoms with Crippen molar-refractivity contribution in [2.45, 2.75) is 31.8 Å². The molecule has 5 heteroatoms. The molecule has 0 bridgehead atoms. The second-order valence-corrected chi connectivity index (χ2v) is 6.48. The van der Waals surface area contributed by atoms with Crippen LogP contribution in [-0.4, -0.2) is 34.6 Å². The lowest BCUT2D eigenvalue weighted by molar-refractivity contribution is 0.0438. The lowest BCUT2D eigenvalue weighted by Crippen LogP contribution is -2.33. The average molecular weight is 347 g/mol. The summed E-state index contributed by atoms with van der Waals surface area (Å²) >= 11 is 9.49. The highest BCUT2D eigenvalue weighted by Gasteiger charge is 2.28. The third-order valence-corrected chi connectivity index (χ3v) is 4.83. The zero-order chi connectivity index (χ0) is 14.0. The summed E-state index contributed by atoms with van der Waals surface area (Å²) in [6, 6.07) is 5.35. The second kappa shape index (κ2) is 5.81. The zero-order valence-electron chi connectivity index (χ0n) is 10.8. The van der Waals surface area contributed by atoms with Crippen molar-refractivity contribution in [3.63, 3.8) is 0 Å². The van der Waals surface area contributed by atoms with Crippen LogP contribution in [0.3, 0.4) is 0 Å². The molecule has 1 N–H and O–H groups in total. The molecule has 3 nitrogen and oxygen atoms in total. The molecule has 1 aromatic rings. The van der Waals surface area contributed by atoms with E-state index in [1.165, 1.54) is 0 Å². The van der Waals surface area contributed by atoms with Gasteiger partial charge >= 0.3 is 0 Å². The van der Waals surface area contributed by atoms with Crippen LogP contribution >= 0.6 is 27.5 Å². The smallest absolute Gasteiger partial charge is 0.255 e. The topological polar surface area (TPSA) is 40.5 Å². The summed E-state index contributed by atoms with van der Waals surface area (Å²) in [7, 11) is 0. The number of halogens is 2. The van der Waals surface area contributed by atoms with Crippen LogP contribution in [0.4, 0.5) is 0 Å². The third-order valence-electron chi connectivity index (χ3n) is 3.53. The fraction of sp³-hybridized carbons (Fsp3) is 0.500. The van der Waals surface area contributed by atoms with Crippen LogP contribution in [0.25, 0.3) is 0 Å². The molecular weight excluding hydrogens is 330 g/mol. The van der Waals surface area contributed by atoms with E-state index < -0.39 is 5.60 Å². The van der Waals surface area contributed by atoms with Gasteiger partial charge in [0.05, 0.1) is 16.2 Å². The van der Waals surface area contributed by atoms with Crippen LogP contribution in [0, 0.1) is 0 Å². The van der Waals surface area contributed by atoms with E-state index in [-0.39, 0.29) is 5.91 Å². The van der Waals surface area contributed by atoms with E-state index in [0.717, 1.165) is 17.3 Å². The van der Waals surface area contributed by atoms with Crippen molar-refractivity contribution >= 4 is 33.4 Å². The maximum Gasteiger partial charge on any atom is 0.255 e. The molecule has 0 radical (unpaired) electrons. The van der Waals surface area contributed by atoms with Crippen molar-refractivity contribution in [2.24, 2.45) is 0 Å². The predicted molar refractivity (Wildman–Crippen MR) is 79.5 cm³/mol. The monoisotopic (exact) mass is 345 g/mol. The third kappa shape index (κ3) is 3.50. The van der Waals surface area contributed by atoms with Crippen molar-refractivity contribution in [3.05, 3.63) is 33.3 Å². The Morgan fingerprint density at radius 2 is 2.16 bits per heavy atom. The number of rotatable bonds is 1. The Morgan fingerprint density at radius 3 is 2.89 bits per heavy atom. The first-order chi connectivity index (χ1) is 8.91. The number of likely N-dealkylation sites (tertiary alicyclic amines) is 1. The number of amides is 1. The lowest BCUT2D eigenvalue weighted by atomic mass is 9.98. The van der Waals surface area contributed by atoms with E-state index in [2.05, 4.69) is 15.9 Å². The first-order valence-corrected chi connectivity index (χ1v) is 7.53. The molecule has 104 valence electrons. The standard InChI is InChI=1S/C14H17BrClNO2/c1-14(19)6-3-8-17(9-7-14)13(18)10-4-2-5-11(15)12(10)16/h2,4-5,19H,3,6-9H2,1H3. The van der Waals surface area contributed by atoms with E-state index in [0.29, 0.717) is 30.1 Å². The molecule has 0 aromatic heterocycles. The van der Waals surface area contributed by atoms with Crippen LogP contribution in [0.2, 0.25) is 5.02 Å². The van der Waals surface area contributed by atoms with Crippen LogP contribution in [0.1, 0.15) is 36.5 Å². The highest BCUT2D eigenvalue weighted by molar-refractivity contribution is 9.10. The summed E-state index contributed by atoms with van der Waals surface area (Å²) in [5.41, 5.74) is -0.159. The van der Waals surface area contributed by atoms with Gasteiger partial charge < -0.3 is 10.0 Å². The summed E-state index contributed by atoms with van der Waals surface area (Å²) in [4.78, 5) is 14.2. The van der Waals surface area contributed by atoms with E-state index in [9.17, 15) is 9.90 Å². The van der Waals surface area contributed by atoms with Gasteiger partial charge in [-0.1, -0.05) is 17.7 Å². The predicted octanol–water partition coefficient (Wildman–Crippen LogP) is 3.48. The number of carbonyl (C=O) groups is 1. The lowest BCUT2D eigenvalue weighted by Gasteiger charge is -2.23. The molecule has 0 saturated carbocycles. The molecule has 1 saturated heterocycles. The van der Waals surface area contributed by atoms with E-state index >= 15 is 0 Å². The molecule has 1 aliphatic heterocycles. The molecule has 1 heterocycles. The summed E-state index contributed by atoms with van der Waals surface area (Å²) in [6.07, 6.45) is 2.14. The first-order valence-electron chi connectivity index (χ1n) is 6.36. The van der Waals surface area contributed by atoms with Gasteiger partial charge in [-0.3, -0.25) is 4.79 Å². The van der Waals surface area contributed by atoms with E-state index in [4.69, 9.17) is 11.6 Å². The molecule has 1 fully saturated rings. The first kappa shape index (κ1) is 14.8. The van der Waals surface area contributed by atoms with Crippen LogP contribution in [0.5, 0.6) is 0 Å². The molecular formula is C14H17BrClNO2. The number of aliphatic hydroxyl groups is 1. The van der Waals surface area contributed by atoms with Gasteiger partial charge in [-0.05, 0) is 54.2 Å². The van der Waals surface area contributed by atoms with Crippen molar-refractivity contribution in [1.29, 1.82) is 0 Å². The van der Waals surface area contributed by atoms with E-state index in [1.807, 2.05) is 13.0 Å². The van der Waals surface area contributed by atoms with Gasteiger partial charge in [-0.2, -0.15) is 0 Å². The molecule has 19 heavy (non-hydrogen) atoms. The largest absolute Gasteiger partial charge is 0.390 e. The SMILES string of the molecule is CC1(O)CCCN(C(=O)c2cccc(Br)c2Cl)CC1. The molecule has 0 spiro atoms. The fourth-order valence-electron chi connectivity index (χ4n) is 2.31. The van der Waals surface area contributed by atoms with Gasteiger partial charge in [0.25, 0.3) is 5.91 Å². The molecule has 1 aliphatic rings. The normalized spacial score (nSPS) is 24.1. The van der Waals surface area contributed by atoms with Crippen LogP contribution < -0.4 is 0 Å². The van der Waals surface area contributed by atoms with Crippen LogP contribution in [-0.2, 0) is 0 Å². The van der Waals surface area contributed by atoms with Crippen LogP contribution in [0.15, 0.2) is 22.7 Å². The second-order valence-electron chi connectivity index (χ2n) is 5.24. The maximum atomic E-state index is 12.5. The van der Waals surface area contributed by atoms with Crippen molar-refractivity contribution in [2.75, 3.05) is 13.1 Å². The van der Waals surface area contributed by atoms with Gasteiger partial charge in [-0.25, -0.2) is 0 Å². The molecule has 1 amide bonds. The minimum absolute atomic E-state index is 0.0657. The summed E-state index contributed by atoms with van der Waals surface area (Å²) in [5, 5.41) is 10.5. The van der Waals surface area contributed by atoms with Gasteiger partial charge in [0, 0.05) is 17.6 Å². The van der Waals surface area contributed by atoms with Crippen molar-refractivity contribution in [1.82, 2.24) is 4.90 Å².